The number of nitrogen functional groups attached to an aromatic ring is 1. The lowest BCUT2D eigenvalue weighted by atomic mass is 10.2. The molecule has 88 valence electrons. The molecule has 0 unspecified atom stereocenters. The summed E-state index contributed by atoms with van der Waals surface area (Å²) in [6.07, 6.45) is 7.31. The van der Waals surface area contributed by atoms with Crippen LogP contribution < -0.4 is 5.73 Å². The predicted octanol–water partition coefficient (Wildman–Crippen LogP) is 3.85. The van der Waals surface area contributed by atoms with E-state index in [-0.39, 0.29) is 0 Å². The van der Waals surface area contributed by atoms with Gasteiger partial charge in [-0.1, -0.05) is 25.0 Å². The van der Waals surface area contributed by atoms with Gasteiger partial charge in [-0.3, -0.25) is 4.98 Å². The first-order valence-corrected chi connectivity index (χ1v) is 7.02. The molecule has 3 heteroatoms. The maximum Gasteiger partial charge on any atom is 0.0942 e. The van der Waals surface area contributed by atoms with E-state index < -0.39 is 0 Å². The second kappa shape index (κ2) is 4.57. The van der Waals surface area contributed by atoms with Crippen molar-refractivity contribution < 1.29 is 0 Å². The molecule has 0 bridgehead atoms. The van der Waals surface area contributed by atoms with Crippen LogP contribution in [0.1, 0.15) is 25.7 Å². The Kier molecular flexibility index (Phi) is 2.93. The molecule has 0 saturated heterocycles. The van der Waals surface area contributed by atoms with Gasteiger partial charge in [0.25, 0.3) is 0 Å². The molecular weight excluding hydrogens is 228 g/mol. The van der Waals surface area contributed by atoms with E-state index >= 15 is 0 Å². The highest BCUT2D eigenvalue weighted by atomic mass is 32.2. The smallest absolute Gasteiger partial charge is 0.0942 e. The average molecular weight is 244 g/mol. The van der Waals surface area contributed by atoms with Crippen molar-refractivity contribution in [3.8, 4) is 0 Å². The molecule has 1 saturated carbocycles. The highest BCUT2D eigenvalue weighted by Gasteiger charge is 2.17. The molecule has 0 aliphatic heterocycles. The van der Waals surface area contributed by atoms with Gasteiger partial charge in [-0.25, -0.2) is 0 Å². The Balaban J connectivity index is 2.01. The lowest BCUT2D eigenvalue weighted by Crippen LogP contribution is -1.95. The summed E-state index contributed by atoms with van der Waals surface area (Å²) in [4.78, 5) is 5.71. The first-order chi connectivity index (χ1) is 8.34. The fraction of sp³-hybridized carbons (Fsp3) is 0.357. The summed E-state index contributed by atoms with van der Waals surface area (Å²) in [6.45, 7) is 0. The number of hydrogen-bond acceptors (Lipinski definition) is 3. The summed E-state index contributed by atoms with van der Waals surface area (Å²) < 4.78 is 0. The number of nitrogens with zero attached hydrogens (tertiary/aromatic N) is 1. The highest BCUT2D eigenvalue weighted by molar-refractivity contribution is 8.00. The first-order valence-electron chi connectivity index (χ1n) is 6.14. The topological polar surface area (TPSA) is 38.9 Å². The minimum Gasteiger partial charge on any atom is -0.397 e. The molecule has 1 aliphatic carbocycles. The monoisotopic (exact) mass is 244 g/mol. The van der Waals surface area contributed by atoms with Crippen LogP contribution in [-0.4, -0.2) is 10.2 Å². The number of rotatable bonds is 2. The van der Waals surface area contributed by atoms with Crippen molar-refractivity contribution in [2.75, 3.05) is 5.73 Å². The molecule has 1 heterocycles. The number of anilines is 1. The van der Waals surface area contributed by atoms with Crippen LogP contribution in [0.4, 0.5) is 5.69 Å². The summed E-state index contributed by atoms with van der Waals surface area (Å²) in [5.41, 5.74) is 7.68. The van der Waals surface area contributed by atoms with Crippen molar-refractivity contribution in [3.63, 3.8) is 0 Å². The van der Waals surface area contributed by atoms with Crippen LogP contribution in [0.5, 0.6) is 0 Å². The average Bonchev–Trinajstić information content (AvgIpc) is 2.83. The maximum absolute atomic E-state index is 5.96. The molecular formula is C14H16N2S. The van der Waals surface area contributed by atoms with Gasteiger partial charge in [0.15, 0.2) is 0 Å². The van der Waals surface area contributed by atoms with Gasteiger partial charge < -0.3 is 5.73 Å². The molecule has 0 atom stereocenters. The molecule has 2 nitrogen and oxygen atoms in total. The third-order valence-electron chi connectivity index (χ3n) is 3.36. The van der Waals surface area contributed by atoms with Crippen molar-refractivity contribution in [2.45, 2.75) is 35.8 Å². The molecule has 17 heavy (non-hydrogen) atoms. The van der Waals surface area contributed by atoms with Crippen molar-refractivity contribution in [1.29, 1.82) is 0 Å². The van der Waals surface area contributed by atoms with Gasteiger partial charge >= 0.3 is 0 Å². The Hall–Kier alpha value is -1.22. The number of pyridine rings is 1. The van der Waals surface area contributed by atoms with Gasteiger partial charge in [0.2, 0.25) is 0 Å². The largest absolute Gasteiger partial charge is 0.397 e. The Morgan fingerprint density at radius 1 is 1.18 bits per heavy atom. The quantitative estimate of drug-likeness (QED) is 0.815. The van der Waals surface area contributed by atoms with E-state index in [1.807, 2.05) is 30.1 Å². The molecule has 0 radical (unpaired) electrons. The summed E-state index contributed by atoms with van der Waals surface area (Å²) in [5.74, 6) is 0. The van der Waals surface area contributed by atoms with Crippen LogP contribution >= 0.6 is 11.8 Å². The lowest BCUT2D eigenvalue weighted by molar-refractivity contribution is 0.886. The summed E-state index contributed by atoms with van der Waals surface area (Å²) in [6, 6.07) is 8.16. The van der Waals surface area contributed by atoms with Crippen molar-refractivity contribution in [3.05, 3.63) is 30.5 Å². The van der Waals surface area contributed by atoms with Gasteiger partial charge in [-0.15, -0.1) is 11.8 Å². The van der Waals surface area contributed by atoms with Crippen molar-refractivity contribution in [1.82, 2.24) is 4.98 Å². The molecule has 2 aromatic rings. The SMILES string of the molecule is Nc1cccc2c(SC3CCCC3)ccnc12. The van der Waals surface area contributed by atoms with Crippen LogP contribution in [0, 0.1) is 0 Å². The van der Waals surface area contributed by atoms with E-state index in [2.05, 4.69) is 17.1 Å². The standard InChI is InChI=1S/C14H16N2S/c15-12-7-3-6-11-13(8-9-16-14(11)12)17-10-4-1-2-5-10/h3,6-10H,1-2,4-5,15H2. The second-order valence-electron chi connectivity index (χ2n) is 4.58. The molecule has 3 rings (SSSR count). The second-order valence-corrected chi connectivity index (χ2v) is 5.92. The van der Waals surface area contributed by atoms with Gasteiger partial charge in [0.1, 0.15) is 0 Å². The Morgan fingerprint density at radius 3 is 2.82 bits per heavy atom. The van der Waals surface area contributed by atoms with Gasteiger partial charge in [-0.05, 0) is 25.0 Å². The van der Waals surface area contributed by atoms with Crippen LogP contribution in [0.2, 0.25) is 0 Å². The van der Waals surface area contributed by atoms with Gasteiger partial charge in [0.05, 0.1) is 11.2 Å². The molecule has 0 amide bonds. The molecule has 1 fully saturated rings. The molecule has 2 N–H and O–H groups in total. The molecule has 1 aromatic carbocycles. The number of aromatic nitrogens is 1. The van der Waals surface area contributed by atoms with Crippen LogP contribution in [0.15, 0.2) is 35.4 Å². The Labute approximate surface area is 106 Å². The Morgan fingerprint density at radius 2 is 2.00 bits per heavy atom. The van der Waals surface area contributed by atoms with Crippen molar-refractivity contribution in [2.24, 2.45) is 0 Å². The maximum atomic E-state index is 5.96. The lowest BCUT2D eigenvalue weighted by Gasteiger charge is -2.11. The summed E-state index contributed by atoms with van der Waals surface area (Å²) >= 11 is 1.99. The zero-order valence-corrected chi connectivity index (χ0v) is 10.5. The van der Waals surface area contributed by atoms with Crippen LogP contribution in [-0.2, 0) is 0 Å². The van der Waals surface area contributed by atoms with E-state index in [0.29, 0.717) is 0 Å². The van der Waals surface area contributed by atoms with E-state index in [4.69, 9.17) is 5.73 Å². The number of thioether (sulfide) groups is 1. The van der Waals surface area contributed by atoms with E-state index in [1.54, 1.807) is 0 Å². The van der Waals surface area contributed by atoms with Crippen molar-refractivity contribution >= 4 is 28.4 Å². The minimum atomic E-state index is 0.774. The summed E-state index contributed by atoms with van der Waals surface area (Å²) in [5, 5.41) is 1.98. The number of benzene rings is 1. The van der Waals surface area contributed by atoms with E-state index in [1.165, 1.54) is 36.0 Å². The third kappa shape index (κ3) is 2.12. The normalized spacial score (nSPS) is 16.7. The number of fused-ring (bicyclic) bond motifs is 1. The minimum absolute atomic E-state index is 0.774. The fourth-order valence-electron chi connectivity index (χ4n) is 2.46. The van der Waals surface area contributed by atoms with Gasteiger partial charge in [-0.2, -0.15) is 0 Å². The summed E-state index contributed by atoms with van der Waals surface area (Å²) in [7, 11) is 0. The number of hydrogen-bond donors (Lipinski definition) is 1. The molecule has 1 aliphatic rings. The zero-order chi connectivity index (χ0) is 11.7. The van der Waals surface area contributed by atoms with E-state index in [0.717, 1.165) is 16.5 Å². The molecule has 1 aromatic heterocycles. The number of nitrogens with two attached hydrogens (primary N) is 1. The highest BCUT2D eigenvalue weighted by Crippen LogP contribution is 2.38. The molecule has 0 spiro atoms. The first kappa shape index (κ1) is 10.9. The van der Waals surface area contributed by atoms with Crippen LogP contribution in [0.25, 0.3) is 10.9 Å². The Bertz CT molecular complexity index is 533. The van der Waals surface area contributed by atoms with Crippen LogP contribution in [0.3, 0.4) is 0 Å². The fourth-order valence-corrected chi connectivity index (χ4v) is 3.82. The third-order valence-corrected chi connectivity index (χ3v) is 4.77. The van der Waals surface area contributed by atoms with Gasteiger partial charge in [0, 0.05) is 21.7 Å². The number of para-hydroxylation sites is 1. The zero-order valence-electron chi connectivity index (χ0n) is 9.73. The predicted molar refractivity (Wildman–Crippen MR) is 74.3 cm³/mol. The van der Waals surface area contributed by atoms with E-state index in [9.17, 15) is 0 Å².